The highest BCUT2D eigenvalue weighted by Gasteiger charge is 2.24. The Morgan fingerprint density at radius 2 is 1.37 bits per heavy atom. The number of carbonyl (C=O) groups is 1. The van der Waals surface area contributed by atoms with E-state index in [-0.39, 0.29) is 17.0 Å². The zero-order chi connectivity index (χ0) is 21.2. The normalized spacial score (nSPS) is 20.3. The van der Waals surface area contributed by atoms with Crippen molar-refractivity contribution in [3.8, 4) is 0 Å². The molecule has 1 heterocycles. The summed E-state index contributed by atoms with van der Waals surface area (Å²) in [6, 6.07) is 1.30. The van der Waals surface area contributed by atoms with Gasteiger partial charge in [0.15, 0.2) is 0 Å². The van der Waals surface area contributed by atoms with Gasteiger partial charge in [-0.25, -0.2) is 17.9 Å². The minimum absolute atomic E-state index is 0.0277. The first-order valence-corrected chi connectivity index (χ1v) is 13.1. The molecule has 2 aliphatic carbocycles. The lowest BCUT2D eigenvalue weighted by Crippen LogP contribution is -2.44. The molecule has 2 fully saturated rings. The van der Waals surface area contributed by atoms with Gasteiger partial charge in [0.2, 0.25) is 0 Å². The van der Waals surface area contributed by atoms with E-state index in [0.29, 0.717) is 5.69 Å². The molecule has 30 heavy (non-hydrogen) atoms. The number of hydrogen-bond acceptors (Lipinski definition) is 5. The van der Waals surface area contributed by atoms with E-state index in [1.807, 2.05) is 0 Å². The van der Waals surface area contributed by atoms with Gasteiger partial charge in [-0.3, -0.25) is 4.98 Å². The quantitative estimate of drug-likeness (QED) is 0.621. The summed E-state index contributed by atoms with van der Waals surface area (Å²) in [5.74, 6) is 0. The summed E-state index contributed by atoms with van der Waals surface area (Å²) >= 11 is 0. The van der Waals surface area contributed by atoms with Crippen molar-refractivity contribution in [1.29, 1.82) is 0 Å². The Morgan fingerprint density at radius 3 is 1.97 bits per heavy atom. The first-order chi connectivity index (χ1) is 14.5. The molecule has 2 amide bonds. The number of anilines is 1. The van der Waals surface area contributed by atoms with Gasteiger partial charge in [-0.15, -0.1) is 0 Å². The van der Waals surface area contributed by atoms with Crippen molar-refractivity contribution in [3.63, 3.8) is 0 Å². The van der Waals surface area contributed by atoms with E-state index in [1.54, 1.807) is 12.3 Å². The minimum atomic E-state index is -4.01. The van der Waals surface area contributed by atoms with Crippen LogP contribution in [0.3, 0.4) is 0 Å². The van der Waals surface area contributed by atoms with E-state index in [9.17, 15) is 13.2 Å². The number of nitrogens with one attached hydrogen (secondary N) is 3. The molecule has 2 aliphatic rings. The zero-order valence-electron chi connectivity index (χ0n) is 17.9. The van der Waals surface area contributed by atoms with E-state index in [0.717, 1.165) is 51.4 Å². The van der Waals surface area contributed by atoms with Crippen LogP contribution >= 0.6 is 0 Å². The van der Waals surface area contributed by atoms with E-state index >= 15 is 0 Å². The van der Waals surface area contributed by atoms with Crippen molar-refractivity contribution in [2.45, 2.75) is 107 Å². The fraction of sp³-hybridized carbons (Fsp3) is 0.727. The second-order valence-electron chi connectivity index (χ2n) is 8.68. The Hall–Kier alpha value is -1.83. The summed E-state index contributed by atoms with van der Waals surface area (Å²) in [6.07, 6.45) is 18.5. The lowest BCUT2D eigenvalue weighted by Gasteiger charge is -2.24. The number of nitrogens with zero attached hydrogens (tertiary/aromatic N) is 1. The van der Waals surface area contributed by atoms with Crippen LogP contribution in [0, 0.1) is 0 Å². The van der Waals surface area contributed by atoms with Crippen LogP contribution in [0.1, 0.15) is 89.9 Å². The highest BCUT2D eigenvalue weighted by Crippen LogP contribution is 2.25. The maximum atomic E-state index is 12.9. The molecule has 0 radical (unpaired) electrons. The van der Waals surface area contributed by atoms with Crippen molar-refractivity contribution < 1.29 is 13.2 Å². The molecule has 3 rings (SSSR count). The summed E-state index contributed by atoms with van der Waals surface area (Å²) in [4.78, 5) is 16.5. The summed E-state index contributed by atoms with van der Waals surface area (Å²) in [6.45, 7) is 0. The van der Waals surface area contributed by atoms with Crippen molar-refractivity contribution in [3.05, 3.63) is 18.5 Å². The number of hydrogen-bond donors (Lipinski definition) is 3. The largest absolute Gasteiger partial charge is 0.381 e. The molecule has 0 spiro atoms. The number of sulfonamides is 1. The van der Waals surface area contributed by atoms with Crippen molar-refractivity contribution >= 4 is 21.7 Å². The molecule has 1 aromatic heterocycles. The van der Waals surface area contributed by atoms with Crippen LogP contribution < -0.4 is 15.4 Å². The van der Waals surface area contributed by atoms with E-state index < -0.39 is 16.1 Å². The molecule has 0 saturated heterocycles. The monoisotopic (exact) mass is 436 g/mol. The second kappa shape index (κ2) is 11.5. The molecule has 0 bridgehead atoms. The lowest BCUT2D eigenvalue weighted by atomic mass is 9.96. The van der Waals surface area contributed by atoms with E-state index in [1.165, 1.54) is 44.7 Å². The molecule has 7 nitrogen and oxygen atoms in total. The van der Waals surface area contributed by atoms with Gasteiger partial charge in [0.05, 0.1) is 5.69 Å². The average Bonchev–Trinajstić information content (AvgIpc) is 2.66. The number of aromatic nitrogens is 1. The molecule has 0 unspecified atom stereocenters. The number of carbonyl (C=O) groups excluding carboxylic acids is 1. The number of amides is 2. The van der Waals surface area contributed by atoms with Crippen molar-refractivity contribution in [2.75, 3.05) is 5.32 Å². The Balaban J connectivity index is 1.64. The minimum Gasteiger partial charge on any atom is -0.381 e. The van der Waals surface area contributed by atoms with Crippen LogP contribution in [0.5, 0.6) is 0 Å². The molecular weight excluding hydrogens is 400 g/mol. The topological polar surface area (TPSA) is 100 Å². The predicted octanol–water partition coefficient (Wildman–Crippen LogP) is 4.71. The van der Waals surface area contributed by atoms with Gasteiger partial charge in [-0.2, -0.15) is 0 Å². The van der Waals surface area contributed by atoms with Crippen LogP contribution in [0.15, 0.2) is 23.4 Å². The van der Waals surface area contributed by atoms with Gasteiger partial charge < -0.3 is 10.6 Å². The molecule has 8 heteroatoms. The van der Waals surface area contributed by atoms with Gasteiger partial charge in [0, 0.05) is 24.5 Å². The Labute approximate surface area is 180 Å². The van der Waals surface area contributed by atoms with Crippen molar-refractivity contribution in [2.24, 2.45) is 0 Å². The summed E-state index contributed by atoms with van der Waals surface area (Å²) in [5.41, 5.74) is 0.516. The zero-order valence-corrected chi connectivity index (χ0v) is 18.7. The van der Waals surface area contributed by atoms with Gasteiger partial charge in [-0.05, 0) is 31.7 Å². The summed E-state index contributed by atoms with van der Waals surface area (Å²) in [5, 5.41) is 6.26. The molecule has 0 aliphatic heterocycles. The fourth-order valence-corrected chi connectivity index (χ4v) is 5.56. The average molecular weight is 437 g/mol. The molecule has 1 aromatic rings. The SMILES string of the molecule is O=C(NC1CCCCCCC1)NS(=O)(=O)c1cnccc1NC1CCCCCCC1. The number of urea groups is 1. The smallest absolute Gasteiger partial charge is 0.328 e. The van der Waals surface area contributed by atoms with Crippen LogP contribution in [-0.2, 0) is 10.0 Å². The predicted molar refractivity (Wildman–Crippen MR) is 119 cm³/mol. The van der Waals surface area contributed by atoms with Gasteiger partial charge in [0.25, 0.3) is 10.0 Å². The van der Waals surface area contributed by atoms with Crippen LogP contribution in [0.25, 0.3) is 0 Å². The van der Waals surface area contributed by atoms with E-state index in [2.05, 4.69) is 20.3 Å². The van der Waals surface area contributed by atoms with Crippen LogP contribution in [-0.4, -0.2) is 31.5 Å². The molecular formula is C22H36N4O3S. The van der Waals surface area contributed by atoms with E-state index in [4.69, 9.17) is 0 Å². The third-order valence-electron chi connectivity index (χ3n) is 6.21. The summed E-state index contributed by atoms with van der Waals surface area (Å²) in [7, 11) is -4.01. The lowest BCUT2D eigenvalue weighted by molar-refractivity contribution is 0.239. The highest BCUT2D eigenvalue weighted by atomic mass is 32.2. The maximum absolute atomic E-state index is 12.9. The van der Waals surface area contributed by atoms with Gasteiger partial charge in [-0.1, -0.05) is 64.2 Å². The summed E-state index contributed by atoms with van der Waals surface area (Å²) < 4.78 is 28.1. The first-order valence-electron chi connectivity index (χ1n) is 11.6. The molecule has 0 aromatic carbocycles. The number of rotatable bonds is 5. The molecule has 168 valence electrons. The van der Waals surface area contributed by atoms with Crippen molar-refractivity contribution in [1.82, 2.24) is 15.0 Å². The van der Waals surface area contributed by atoms with Gasteiger partial charge in [0.1, 0.15) is 4.90 Å². The third kappa shape index (κ3) is 7.15. The number of pyridine rings is 1. The van der Waals surface area contributed by atoms with Crippen LogP contribution in [0.4, 0.5) is 10.5 Å². The molecule has 2 saturated carbocycles. The van der Waals surface area contributed by atoms with Crippen LogP contribution in [0.2, 0.25) is 0 Å². The molecule has 3 N–H and O–H groups in total. The van der Waals surface area contributed by atoms with Gasteiger partial charge >= 0.3 is 6.03 Å². The second-order valence-corrected chi connectivity index (χ2v) is 10.3. The Morgan fingerprint density at radius 1 is 0.833 bits per heavy atom. The standard InChI is InChI=1S/C22H36N4O3S/c27-22(25-19-13-9-5-2-6-10-14-19)26-30(28,29)21-17-23-16-15-20(21)24-18-11-7-3-1-4-8-12-18/h15-19H,1-14H2,(H,23,24)(H2,25,26,27). The fourth-order valence-electron chi connectivity index (χ4n) is 4.53. The Bertz CT molecular complexity index is 768. The highest BCUT2D eigenvalue weighted by molar-refractivity contribution is 7.90. The first kappa shape index (κ1) is 22.8. The molecule has 0 atom stereocenters. The maximum Gasteiger partial charge on any atom is 0.328 e. The Kier molecular flexibility index (Phi) is 8.78. The third-order valence-corrected chi connectivity index (χ3v) is 7.56.